The van der Waals surface area contributed by atoms with Gasteiger partial charge in [0.25, 0.3) is 0 Å². The lowest BCUT2D eigenvalue weighted by molar-refractivity contribution is 0.491. The summed E-state index contributed by atoms with van der Waals surface area (Å²) in [5.41, 5.74) is 0. The van der Waals surface area contributed by atoms with Crippen molar-refractivity contribution in [3.63, 3.8) is 0 Å². The maximum Gasteiger partial charge on any atom is 0.177 e. The van der Waals surface area contributed by atoms with Crippen LogP contribution in [-0.4, -0.2) is 29.0 Å². The van der Waals surface area contributed by atoms with Gasteiger partial charge in [0.05, 0.1) is 17.0 Å². The van der Waals surface area contributed by atoms with Crippen LogP contribution in [0.1, 0.15) is 19.4 Å². The summed E-state index contributed by atoms with van der Waals surface area (Å²) in [6.45, 7) is 1.75. The minimum absolute atomic E-state index is 0.00116. The average molecular weight is 232 g/mol. The van der Waals surface area contributed by atoms with Crippen molar-refractivity contribution < 1.29 is 8.42 Å². The molecule has 0 bridgehead atoms. The van der Waals surface area contributed by atoms with Crippen LogP contribution in [0.5, 0.6) is 0 Å². The van der Waals surface area contributed by atoms with Crippen LogP contribution in [0, 0.1) is 4.77 Å². The third-order valence-electron chi connectivity index (χ3n) is 2.84. The van der Waals surface area contributed by atoms with E-state index in [-0.39, 0.29) is 17.0 Å². The molecule has 1 fully saturated rings. The number of H-pyrrole nitrogens is 1. The van der Waals surface area contributed by atoms with Gasteiger partial charge in [0.15, 0.2) is 14.6 Å². The van der Waals surface area contributed by atoms with E-state index in [4.69, 9.17) is 12.2 Å². The van der Waals surface area contributed by atoms with Crippen LogP contribution in [-0.2, 0) is 9.84 Å². The monoisotopic (exact) mass is 232 g/mol. The van der Waals surface area contributed by atoms with Crippen molar-refractivity contribution in [2.24, 2.45) is 0 Å². The summed E-state index contributed by atoms with van der Waals surface area (Å²) >= 11 is 5.06. The molecule has 78 valence electrons. The molecule has 1 aromatic rings. The number of aromatic amines is 1. The lowest BCUT2D eigenvalue weighted by Gasteiger charge is -2.15. The molecule has 1 aliphatic heterocycles. The molecule has 2 heterocycles. The molecule has 1 saturated heterocycles. The highest BCUT2D eigenvalue weighted by atomic mass is 32.2. The topological polar surface area (TPSA) is 54.9 Å². The highest BCUT2D eigenvalue weighted by Crippen LogP contribution is 2.30. The summed E-state index contributed by atoms with van der Waals surface area (Å²) in [6.07, 6.45) is 4.21. The van der Waals surface area contributed by atoms with Crippen LogP contribution in [0.3, 0.4) is 0 Å². The van der Waals surface area contributed by atoms with Gasteiger partial charge in [-0.25, -0.2) is 8.42 Å². The number of nitrogens with one attached hydrogen (secondary N) is 1. The molecular weight excluding hydrogens is 220 g/mol. The number of hydrogen-bond donors (Lipinski definition) is 1. The molecule has 1 N–H and O–H groups in total. The molecule has 0 aromatic carbocycles. The van der Waals surface area contributed by atoms with Gasteiger partial charge in [-0.2, -0.15) is 0 Å². The average Bonchev–Trinajstić information content (AvgIpc) is 2.61. The van der Waals surface area contributed by atoms with Gasteiger partial charge in [0.1, 0.15) is 0 Å². The summed E-state index contributed by atoms with van der Waals surface area (Å²) in [5, 5.41) is -0.329. The Kier molecular flexibility index (Phi) is 2.27. The van der Waals surface area contributed by atoms with Crippen molar-refractivity contribution in [2.75, 3.05) is 5.75 Å². The summed E-state index contributed by atoms with van der Waals surface area (Å²) in [5.74, 6) is 0.270. The number of imidazole rings is 1. The lowest BCUT2D eigenvalue weighted by Crippen LogP contribution is -2.21. The first-order valence-corrected chi connectivity index (χ1v) is 6.62. The van der Waals surface area contributed by atoms with Crippen LogP contribution >= 0.6 is 12.2 Å². The Balaban J connectivity index is 2.41. The largest absolute Gasteiger partial charge is 0.337 e. The molecule has 0 aliphatic carbocycles. The van der Waals surface area contributed by atoms with Gasteiger partial charge in [-0.05, 0) is 25.6 Å². The van der Waals surface area contributed by atoms with Gasteiger partial charge in [0.2, 0.25) is 0 Å². The Morgan fingerprint density at radius 3 is 2.79 bits per heavy atom. The van der Waals surface area contributed by atoms with Crippen LogP contribution in [0.2, 0.25) is 0 Å². The van der Waals surface area contributed by atoms with E-state index in [1.165, 1.54) is 0 Å². The van der Waals surface area contributed by atoms with Gasteiger partial charge < -0.3 is 9.55 Å². The highest BCUT2D eigenvalue weighted by Gasteiger charge is 2.37. The van der Waals surface area contributed by atoms with Gasteiger partial charge in [0, 0.05) is 12.4 Å². The van der Waals surface area contributed by atoms with Crippen molar-refractivity contribution in [1.82, 2.24) is 9.55 Å². The number of aromatic nitrogens is 2. The van der Waals surface area contributed by atoms with E-state index in [1.807, 2.05) is 10.8 Å². The molecule has 0 spiro atoms. The Bertz CT molecular complexity index is 485. The standard InChI is InChI=1S/C8H12N2O2S2/c1-6-7(2-5-14(6,11)12)10-4-3-9-8(10)13/h3-4,6-7H,2,5H2,1H3,(H,9,13). The summed E-state index contributed by atoms with van der Waals surface area (Å²) in [6, 6.07) is -0.00116. The first-order valence-electron chi connectivity index (χ1n) is 4.49. The van der Waals surface area contributed by atoms with Gasteiger partial charge >= 0.3 is 0 Å². The molecule has 14 heavy (non-hydrogen) atoms. The second-order valence-corrected chi connectivity index (χ2v) is 6.46. The Morgan fingerprint density at radius 2 is 2.36 bits per heavy atom. The van der Waals surface area contributed by atoms with E-state index in [0.717, 1.165) is 0 Å². The van der Waals surface area contributed by atoms with Crippen LogP contribution < -0.4 is 0 Å². The van der Waals surface area contributed by atoms with Crippen molar-refractivity contribution >= 4 is 22.1 Å². The minimum atomic E-state index is -2.90. The molecular formula is C8H12N2O2S2. The van der Waals surface area contributed by atoms with E-state index in [0.29, 0.717) is 11.2 Å². The summed E-state index contributed by atoms with van der Waals surface area (Å²) in [7, 11) is -2.90. The van der Waals surface area contributed by atoms with Crippen molar-refractivity contribution in [1.29, 1.82) is 0 Å². The third-order valence-corrected chi connectivity index (χ3v) is 5.42. The predicted octanol–water partition coefficient (Wildman–Crippen LogP) is 1.29. The molecule has 4 nitrogen and oxygen atoms in total. The van der Waals surface area contributed by atoms with Gasteiger partial charge in [-0.15, -0.1) is 0 Å². The highest BCUT2D eigenvalue weighted by molar-refractivity contribution is 7.92. The predicted molar refractivity (Wildman–Crippen MR) is 56.5 cm³/mol. The molecule has 2 atom stereocenters. The summed E-state index contributed by atoms with van der Waals surface area (Å²) in [4.78, 5) is 2.88. The Morgan fingerprint density at radius 1 is 1.64 bits per heavy atom. The number of hydrogen-bond acceptors (Lipinski definition) is 3. The Hall–Kier alpha value is -0.620. The van der Waals surface area contributed by atoms with Crippen LogP contribution in [0.15, 0.2) is 12.4 Å². The normalized spacial score (nSPS) is 30.6. The van der Waals surface area contributed by atoms with Crippen molar-refractivity contribution in [2.45, 2.75) is 24.6 Å². The second-order valence-electron chi connectivity index (χ2n) is 3.60. The van der Waals surface area contributed by atoms with Crippen LogP contribution in [0.4, 0.5) is 0 Å². The zero-order valence-corrected chi connectivity index (χ0v) is 9.44. The first kappa shape index (κ1) is 9.92. The van der Waals surface area contributed by atoms with Crippen molar-refractivity contribution in [3.05, 3.63) is 17.2 Å². The van der Waals surface area contributed by atoms with Gasteiger partial charge in [-0.3, -0.25) is 0 Å². The molecule has 6 heteroatoms. The number of sulfone groups is 1. The van der Waals surface area contributed by atoms with E-state index < -0.39 is 9.84 Å². The van der Waals surface area contributed by atoms with Gasteiger partial charge in [-0.1, -0.05) is 0 Å². The number of rotatable bonds is 1. The van der Waals surface area contributed by atoms with E-state index in [9.17, 15) is 8.42 Å². The zero-order valence-electron chi connectivity index (χ0n) is 7.80. The van der Waals surface area contributed by atoms with E-state index in [1.54, 1.807) is 13.1 Å². The van der Waals surface area contributed by atoms with E-state index >= 15 is 0 Å². The molecule has 1 aromatic heterocycles. The zero-order chi connectivity index (χ0) is 10.3. The fourth-order valence-electron chi connectivity index (χ4n) is 1.90. The molecule has 0 radical (unpaired) electrons. The quantitative estimate of drug-likeness (QED) is 0.742. The second kappa shape index (κ2) is 3.20. The maximum atomic E-state index is 11.5. The summed E-state index contributed by atoms with van der Waals surface area (Å²) < 4.78 is 25.5. The molecule has 0 saturated carbocycles. The fraction of sp³-hybridized carbons (Fsp3) is 0.625. The molecule has 2 unspecified atom stereocenters. The van der Waals surface area contributed by atoms with E-state index in [2.05, 4.69) is 4.98 Å². The Labute approximate surface area is 87.9 Å². The third kappa shape index (κ3) is 1.42. The fourth-order valence-corrected chi connectivity index (χ4v) is 3.85. The molecule has 1 aliphatic rings. The molecule has 2 rings (SSSR count). The van der Waals surface area contributed by atoms with Crippen molar-refractivity contribution in [3.8, 4) is 0 Å². The maximum absolute atomic E-state index is 11.5. The number of nitrogens with zero attached hydrogens (tertiary/aromatic N) is 1. The first-order chi connectivity index (χ1) is 6.52. The smallest absolute Gasteiger partial charge is 0.177 e. The SMILES string of the molecule is CC1C(n2cc[nH]c2=S)CCS1(=O)=O. The van der Waals surface area contributed by atoms with Crippen LogP contribution in [0.25, 0.3) is 0 Å². The lowest BCUT2D eigenvalue weighted by atomic mass is 10.2. The molecule has 0 amide bonds. The minimum Gasteiger partial charge on any atom is -0.337 e.